The summed E-state index contributed by atoms with van der Waals surface area (Å²) in [6, 6.07) is 18.0. The molecule has 0 atom stereocenters. The van der Waals surface area contributed by atoms with Crippen molar-refractivity contribution in [3.05, 3.63) is 98.3 Å². The minimum atomic E-state index is -0.523. The van der Waals surface area contributed by atoms with Gasteiger partial charge in [-0.25, -0.2) is 14.8 Å². The highest BCUT2D eigenvalue weighted by atomic mass is 35.5. The molecule has 2 aromatic heterocycles. The van der Waals surface area contributed by atoms with Crippen LogP contribution in [0.3, 0.4) is 0 Å². The van der Waals surface area contributed by atoms with Crippen LogP contribution in [-0.2, 0) is 6.54 Å². The third-order valence-electron chi connectivity index (χ3n) is 6.08. The van der Waals surface area contributed by atoms with E-state index in [9.17, 15) is 10.0 Å². The summed E-state index contributed by atoms with van der Waals surface area (Å²) in [5, 5.41) is 17.1. The highest BCUT2D eigenvalue weighted by Gasteiger charge is 2.25. The van der Waals surface area contributed by atoms with Gasteiger partial charge in [0.05, 0.1) is 30.3 Å². The van der Waals surface area contributed by atoms with Crippen LogP contribution in [0.15, 0.2) is 66.9 Å². The Morgan fingerprint density at radius 3 is 2.41 bits per heavy atom. The Morgan fingerprint density at radius 2 is 1.73 bits per heavy atom. The van der Waals surface area contributed by atoms with Crippen molar-refractivity contribution in [2.75, 3.05) is 19.5 Å². The van der Waals surface area contributed by atoms with Gasteiger partial charge in [-0.1, -0.05) is 46.9 Å². The lowest BCUT2D eigenvalue weighted by Gasteiger charge is -2.13. The summed E-state index contributed by atoms with van der Waals surface area (Å²) in [6.07, 6.45) is 1.12. The van der Waals surface area contributed by atoms with Crippen molar-refractivity contribution in [2.45, 2.75) is 6.54 Å². The number of benzene rings is 3. The molecular weight excluding hydrogens is 537 g/mol. The van der Waals surface area contributed by atoms with Crippen LogP contribution in [0.1, 0.15) is 15.9 Å². The van der Waals surface area contributed by atoms with Crippen LogP contribution < -0.4 is 19.5 Å². The van der Waals surface area contributed by atoms with Crippen molar-refractivity contribution in [1.29, 1.82) is 0 Å². The van der Waals surface area contributed by atoms with E-state index in [1.165, 1.54) is 6.07 Å². The Labute approximate surface area is 227 Å². The molecule has 0 saturated carbocycles. The number of methoxy groups -OCH3 is 2. The number of rotatable bonds is 6. The van der Waals surface area contributed by atoms with Crippen molar-refractivity contribution in [1.82, 2.24) is 4.57 Å². The number of pyridine rings is 1. The first-order chi connectivity index (χ1) is 17.8. The Hall–Kier alpha value is -3.65. The SMILES string of the molecule is COc1ccc(Cn2c3ccc(Cl)cc3c3c(C(=O)Nc4c(Cl)cc(Cl)c[n+]4[O-])ccc(OC)c32)cc1. The molecule has 3 aromatic carbocycles. The molecule has 5 aromatic rings. The molecule has 0 unspecified atom stereocenters. The van der Waals surface area contributed by atoms with E-state index in [1.807, 2.05) is 36.4 Å². The van der Waals surface area contributed by atoms with Crippen LogP contribution in [0.25, 0.3) is 21.8 Å². The molecule has 7 nitrogen and oxygen atoms in total. The van der Waals surface area contributed by atoms with Gasteiger partial charge in [0.25, 0.3) is 0 Å². The van der Waals surface area contributed by atoms with Gasteiger partial charge >= 0.3 is 11.7 Å². The number of carbonyl (C=O) groups excluding carboxylic acids is 1. The maximum Gasteiger partial charge on any atom is 0.339 e. The summed E-state index contributed by atoms with van der Waals surface area (Å²) in [5.41, 5.74) is 2.91. The van der Waals surface area contributed by atoms with Gasteiger partial charge in [-0.15, -0.1) is 0 Å². The number of halogens is 3. The Balaban J connectivity index is 1.71. The van der Waals surface area contributed by atoms with Gasteiger partial charge in [-0.2, -0.15) is 0 Å². The lowest BCUT2D eigenvalue weighted by atomic mass is 10.0. The minimum absolute atomic E-state index is 0.0191. The molecule has 0 saturated heterocycles. The minimum Gasteiger partial charge on any atom is -0.711 e. The fraction of sp³-hybridized carbons (Fsp3) is 0.111. The largest absolute Gasteiger partial charge is 0.711 e. The van der Waals surface area contributed by atoms with Gasteiger partial charge in [0.1, 0.15) is 22.7 Å². The second kappa shape index (κ2) is 10.0. The zero-order valence-corrected chi connectivity index (χ0v) is 22.0. The van der Waals surface area contributed by atoms with Gasteiger partial charge in [0.2, 0.25) is 0 Å². The standard InChI is InChI=1S/C27H20Cl3N3O4/c1-36-18-6-3-15(4-7-18)13-32-22-9-5-16(28)11-20(22)24-19(8-10-23(37-2)25(24)32)27(34)31-26-21(30)12-17(29)14-33(26)35/h3-12,14H,13H2,1-2H3,(H,31,34). The first kappa shape index (κ1) is 25.0. The monoisotopic (exact) mass is 555 g/mol. The third kappa shape index (κ3) is 4.62. The molecule has 2 heterocycles. The summed E-state index contributed by atoms with van der Waals surface area (Å²) in [7, 11) is 3.19. The van der Waals surface area contributed by atoms with Crippen molar-refractivity contribution < 1.29 is 19.0 Å². The molecule has 0 fully saturated rings. The van der Waals surface area contributed by atoms with Crippen LogP contribution >= 0.6 is 34.8 Å². The van der Waals surface area contributed by atoms with Crippen molar-refractivity contribution >= 4 is 68.3 Å². The number of nitrogens with one attached hydrogen (secondary N) is 1. The molecule has 188 valence electrons. The number of hydrogen-bond acceptors (Lipinski definition) is 4. The van der Waals surface area contributed by atoms with Crippen LogP contribution in [0.2, 0.25) is 15.1 Å². The van der Waals surface area contributed by atoms with Crippen LogP contribution in [0.4, 0.5) is 5.82 Å². The van der Waals surface area contributed by atoms with Crippen molar-refractivity contribution in [2.24, 2.45) is 0 Å². The number of nitrogens with zero attached hydrogens (tertiary/aromatic N) is 2. The first-order valence-electron chi connectivity index (χ1n) is 11.1. The number of carbonyl (C=O) groups is 1. The molecule has 1 amide bonds. The number of amides is 1. The summed E-state index contributed by atoms with van der Waals surface area (Å²) in [4.78, 5) is 13.5. The Morgan fingerprint density at radius 1 is 0.973 bits per heavy atom. The fourth-order valence-electron chi connectivity index (χ4n) is 4.41. The summed E-state index contributed by atoms with van der Waals surface area (Å²) in [5.74, 6) is 0.687. The van der Waals surface area contributed by atoms with E-state index < -0.39 is 5.91 Å². The van der Waals surface area contributed by atoms with Crippen molar-refractivity contribution in [3.63, 3.8) is 0 Å². The molecule has 0 bridgehead atoms. The van der Waals surface area contributed by atoms with E-state index >= 15 is 0 Å². The predicted octanol–water partition coefficient (Wildman–Crippen LogP) is 6.71. The molecule has 0 spiro atoms. The van der Waals surface area contributed by atoms with E-state index in [4.69, 9.17) is 44.3 Å². The maximum absolute atomic E-state index is 13.5. The second-order valence-electron chi connectivity index (χ2n) is 8.27. The number of ether oxygens (including phenoxy) is 2. The predicted molar refractivity (Wildman–Crippen MR) is 146 cm³/mol. The summed E-state index contributed by atoms with van der Waals surface area (Å²) in [6.45, 7) is 0.497. The lowest BCUT2D eigenvalue weighted by molar-refractivity contribution is -0.589. The van der Waals surface area contributed by atoms with Gasteiger partial charge in [-0.3, -0.25) is 0 Å². The zero-order chi connectivity index (χ0) is 26.3. The lowest BCUT2D eigenvalue weighted by Crippen LogP contribution is -2.33. The van der Waals surface area contributed by atoms with Gasteiger partial charge in [-0.05, 0) is 54.1 Å². The van der Waals surface area contributed by atoms with E-state index in [1.54, 1.807) is 32.4 Å². The summed E-state index contributed by atoms with van der Waals surface area (Å²) >= 11 is 18.5. The van der Waals surface area contributed by atoms with E-state index in [0.717, 1.165) is 28.4 Å². The van der Waals surface area contributed by atoms with Gasteiger partial charge in [0, 0.05) is 27.9 Å². The summed E-state index contributed by atoms with van der Waals surface area (Å²) < 4.78 is 13.5. The Bertz CT molecular complexity index is 1640. The first-order valence-corrected chi connectivity index (χ1v) is 12.2. The number of fused-ring (bicyclic) bond motifs is 3. The molecule has 5 rings (SSSR count). The molecule has 1 N–H and O–H groups in total. The topological polar surface area (TPSA) is 79.4 Å². The van der Waals surface area contributed by atoms with Gasteiger partial charge < -0.3 is 19.2 Å². The average Bonchev–Trinajstić information content (AvgIpc) is 3.19. The quantitative estimate of drug-likeness (QED) is 0.186. The number of anilines is 1. The molecule has 10 heteroatoms. The molecule has 0 aliphatic heterocycles. The highest BCUT2D eigenvalue weighted by Crippen LogP contribution is 2.39. The fourth-order valence-corrected chi connectivity index (χ4v) is 5.08. The van der Waals surface area contributed by atoms with Crippen molar-refractivity contribution in [3.8, 4) is 11.5 Å². The Kier molecular flexibility index (Phi) is 6.77. The van der Waals surface area contributed by atoms with E-state index in [0.29, 0.717) is 38.5 Å². The normalized spacial score (nSPS) is 11.2. The smallest absolute Gasteiger partial charge is 0.339 e. The molecule has 0 aliphatic carbocycles. The van der Waals surface area contributed by atoms with E-state index in [-0.39, 0.29) is 15.9 Å². The number of hydrogen-bond donors (Lipinski definition) is 1. The molecule has 37 heavy (non-hydrogen) atoms. The van der Waals surface area contributed by atoms with Crippen LogP contribution in [0, 0.1) is 5.21 Å². The molecule has 0 aliphatic rings. The van der Waals surface area contributed by atoms with Crippen LogP contribution in [0.5, 0.6) is 11.5 Å². The van der Waals surface area contributed by atoms with Crippen LogP contribution in [-0.4, -0.2) is 24.7 Å². The van der Waals surface area contributed by atoms with E-state index in [2.05, 4.69) is 9.88 Å². The second-order valence-corrected chi connectivity index (χ2v) is 9.55. The molecule has 0 radical (unpaired) electrons. The average molecular weight is 557 g/mol. The third-order valence-corrected chi connectivity index (χ3v) is 6.81. The zero-order valence-electron chi connectivity index (χ0n) is 19.7. The highest BCUT2D eigenvalue weighted by molar-refractivity contribution is 6.36. The molecular formula is C27H20Cl3N3O4. The maximum atomic E-state index is 13.5. The van der Waals surface area contributed by atoms with Gasteiger partial charge in [0.15, 0.2) is 0 Å². The number of aromatic nitrogens is 2.